The van der Waals surface area contributed by atoms with Crippen LogP contribution >= 0.6 is 0 Å². The molecule has 0 bridgehead atoms. The Morgan fingerprint density at radius 2 is 1.75 bits per heavy atom. The van der Waals surface area contributed by atoms with Crippen LogP contribution in [0.15, 0.2) is 0 Å². The third-order valence-electron chi connectivity index (χ3n) is 3.33. The van der Waals surface area contributed by atoms with E-state index in [9.17, 15) is 35.6 Å². The second-order valence-corrected chi connectivity index (χ2v) is 6.02. The van der Waals surface area contributed by atoms with Crippen molar-refractivity contribution in [3.63, 3.8) is 0 Å². The maximum absolute atomic E-state index is 14.1. The SMILES string of the molecule is O=C1OC(C2OS(=O)(=O)OC23COC(=O)OC3F)C(C(F)(F)F)O1. The summed E-state index contributed by atoms with van der Waals surface area (Å²) in [5.41, 5.74) is -2.84. The normalized spacial score (nSPS) is 41.5. The first-order chi connectivity index (χ1) is 10.9. The summed E-state index contributed by atoms with van der Waals surface area (Å²) in [4.78, 5) is 21.9. The number of carbonyl (C=O) groups is 2. The maximum atomic E-state index is 14.1. The van der Waals surface area contributed by atoms with Crippen molar-refractivity contribution in [2.24, 2.45) is 0 Å². The van der Waals surface area contributed by atoms with Gasteiger partial charge in [0.25, 0.3) is 6.36 Å². The Morgan fingerprint density at radius 1 is 1.08 bits per heavy atom. The van der Waals surface area contributed by atoms with E-state index < -0.39 is 65.8 Å². The summed E-state index contributed by atoms with van der Waals surface area (Å²) in [6.45, 7) is -1.17. The minimum Gasteiger partial charge on any atom is -0.431 e. The molecular formula is C9H6F4O10S. The monoisotopic (exact) mass is 382 g/mol. The highest BCUT2D eigenvalue weighted by molar-refractivity contribution is 7.82. The van der Waals surface area contributed by atoms with Crippen molar-refractivity contribution in [1.29, 1.82) is 0 Å². The molecule has 136 valence electrons. The van der Waals surface area contributed by atoms with Gasteiger partial charge in [0.2, 0.25) is 11.7 Å². The molecule has 0 aromatic rings. The molecule has 0 amide bonds. The van der Waals surface area contributed by atoms with Crippen LogP contribution in [0.4, 0.5) is 27.2 Å². The van der Waals surface area contributed by atoms with Crippen LogP contribution in [0.1, 0.15) is 0 Å². The predicted octanol–water partition coefficient (Wildman–Crippen LogP) is 0.314. The predicted molar refractivity (Wildman–Crippen MR) is 56.1 cm³/mol. The zero-order chi connectivity index (χ0) is 17.9. The second-order valence-electron chi connectivity index (χ2n) is 4.85. The number of hydrogen-bond donors (Lipinski definition) is 0. The lowest BCUT2D eigenvalue weighted by Crippen LogP contribution is -2.63. The molecule has 3 fully saturated rings. The summed E-state index contributed by atoms with van der Waals surface area (Å²) >= 11 is 0. The van der Waals surface area contributed by atoms with Gasteiger partial charge in [-0.3, -0.25) is 0 Å². The van der Waals surface area contributed by atoms with E-state index in [1.165, 1.54) is 0 Å². The van der Waals surface area contributed by atoms with Gasteiger partial charge in [0, 0.05) is 0 Å². The van der Waals surface area contributed by atoms with Crippen molar-refractivity contribution >= 4 is 22.7 Å². The van der Waals surface area contributed by atoms with Crippen LogP contribution in [0.2, 0.25) is 0 Å². The molecule has 3 aliphatic rings. The van der Waals surface area contributed by atoms with Gasteiger partial charge in [-0.25, -0.2) is 18.0 Å². The van der Waals surface area contributed by atoms with Gasteiger partial charge in [-0.05, 0) is 0 Å². The van der Waals surface area contributed by atoms with E-state index in [2.05, 4.69) is 27.3 Å². The van der Waals surface area contributed by atoms with Crippen molar-refractivity contribution in [1.82, 2.24) is 0 Å². The van der Waals surface area contributed by atoms with Crippen LogP contribution in [-0.4, -0.2) is 63.8 Å². The summed E-state index contributed by atoms with van der Waals surface area (Å²) in [7, 11) is -5.00. The lowest BCUT2D eigenvalue weighted by atomic mass is 9.90. The van der Waals surface area contributed by atoms with Crippen LogP contribution in [0.3, 0.4) is 0 Å². The molecule has 0 aromatic heterocycles. The number of cyclic esters (lactones) is 4. The molecule has 0 saturated carbocycles. The molecule has 1 spiro atoms. The van der Waals surface area contributed by atoms with Gasteiger partial charge in [0.15, 0.2) is 12.2 Å². The number of halogens is 4. The first-order valence-corrected chi connectivity index (χ1v) is 7.33. The topological polar surface area (TPSA) is 124 Å². The van der Waals surface area contributed by atoms with Gasteiger partial charge >= 0.3 is 28.9 Å². The number of carbonyl (C=O) groups excluding carboxylic acids is 2. The molecule has 10 nitrogen and oxygen atoms in total. The summed E-state index contributed by atoms with van der Waals surface area (Å²) in [5.74, 6) is 0. The fourth-order valence-corrected chi connectivity index (χ4v) is 3.54. The molecule has 15 heteroatoms. The molecule has 0 aliphatic carbocycles. The average Bonchev–Trinajstić information content (AvgIpc) is 2.93. The molecule has 3 saturated heterocycles. The summed E-state index contributed by atoms with van der Waals surface area (Å²) in [6.07, 6.45) is -19.2. The Bertz CT molecular complexity index is 676. The summed E-state index contributed by atoms with van der Waals surface area (Å²) < 4.78 is 101. The van der Waals surface area contributed by atoms with Crippen molar-refractivity contribution in [2.45, 2.75) is 36.4 Å². The van der Waals surface area contributed by atoms with Gasteiger partial charge in [0.1, 0.15) is 6.61 Å². The van der Waals surface area contributed by atoms with Crippen molar-refractivity contribution in [3.05, 3.63) is 0 Å². The highest BCUT2D eigenvalue weighted by Gasteiger charge is 2.71. The van der Waals surface area contributed by atoms with E-state index in [0.29, 0.717) is 0 Å². The zero-order valence-electron chi connectivity index (χ0n) is 11.0. The van der Waals surface area contributed by atoms with Crippen LogP contribution < -0.4 is 0 Å². The van der Waals surface area contributed by atoms with E-state index in [1.54, 1.807) is 0 Å². The fourth-order valence-electron chi connectivity index (χ4n) is 2.37. The minimum absolute atomic E-state index is 1.17. The van der Waals surface area contributed by atoms with Gasteiger partial charge in [0.05, 0.1) is 0 Å². The molecule has 3 aliphatic heterocycles. The molecule has 3 heterocycles. The first kappa shape index (κ1) is 17.0. The summed E-state index contributed by atoms with van der Waals surface area (Å²) in [6, 6.07) is 0. The maximum Gasteiger partial charge on any atom is 0.511 e. The van der Waals surface area contributed by atoms with E-state index >= 15 is 0 Å². The van der Waals surface area contributed by atoms with Crippen LogP contribution in [0.5, 0.6) is 0 Å². The van der Waals surface area contributed by atoms with Gasteiger partial charge in [-0.15, -0.1) is 0 Å². The number of hydrogen-bond acceptors (Lipinski definition) is 10. The lowest BCUT2D eigenvalue weighted by Gasteiger charge is -2.37. The average molecular weight is 382 g/mol. The Labute approximate surface area is 129 Å². The molecule has 5 atom stereocenters. The van der Waals surface area contributed by atoms with Crippen LogP contribution in [0.25, 0.3) is 0 Å². The van der Waals surface area contributed by atoms with E-state index in [1.807, 2.05) is 0 Å². The Morgan fingerprint density at radius 3 is 2.33 bits per heavy atom. The fraction of sp³-hybridized carbons (Fsp3) is 0.778. The highest BCUT2D eigenvalue weighted by Crippen LogP contribution is 2.45. The molecule has 3 rings (SSSR count). The Kier molecular flexibility index (Phi) is 3.58. The number of ether oxygens (including phenoxy) is 4. The lowest BCUT2D eigenvalue weighted by molar-refractivity contribution is -0.240. The molecule has 0 radical (unpaired) electrons. The second kappa shape index (κ2) is 5.06. The van der Waals surface area contributed by atoms with Crippen molar-refractivity contribution in [3.8, 4) is 0 Å². The van der Waals surface area contributed by atoms with Crippen LogP contribution in [-0.2, 0) is 37.7 Å². The first-order valence-electron chi connectivity index (χ1n) is 6.00. The quantitative estimate of drug-likeness (QED) is 0.462. The largest absolute Gasteiger partial charge is 0.511 e. The van der Waals surface area contributed by atoms with E-state index in [-0.39, 0.29) is 0 Å². The Balaban J connectivity index is 2.01. The molecule has 5 unspecified atom stereocenters. The molecule has 0 aromatic carbocycles. The number of alkyl halides is 4. The summed E-state index contributed by atoms with van der Waals surface area (Å²) in [5, 5.41) is 0. The van der Waals surface area contributed by atoms with Crippen molar-refractivity contribution < 1.29 is 62.9 Å². The van der Waals surface area contributed by atoms with Gasteiger partial charge in [-0.1, -0.05) is 0 Å². The minimum atomic E-state index is -5.19. The smallest absolute Gasteiger partial charge is 0.431 e. The third kappa shape index (κ3) is 2.61. The molecule has 24 heavy (non-hydrogen) atoms. The van der Waals surface area contributed by atoms with E-state index in [0.717, 1.165) is 0 Å². The molecule has 0 N–H and O–H groups in total. The van der Waals surface area contributed by atoms with E-state index in [4.69, 9.17) is 0 Å². The van der Waals surface area contributed by atoms with Gasteiger partial charge < -0.3 is 18.9 Å². The molecular weight excluding hydrogens is 376 g/mol. The number of rotatable bonds is 1. The van der Waals surface area contributed by atoms with Crippen molar-refractivity contribution in [2.75, 3.05) is 6.61 Å². The standard InChI is InChI=1S/C9H6F4O10S/c10-5-8(1-18-6(14)21-5)3(22-24(16,17)23-8)2-4(9(11,12)13)20-7(15)19-2/h2-5H,1H2. The van der Waals surface area contributed by atoms with Gasteiger partial charge in [-0.2, -0.15) is 26.0 Å². The van der Waals surface area contributed by atoms with Crippen LogP contribution in [0, 0.1) is 0 Å². The highest BCUT2D eigenvalue weighted by atomic mass is 32.3. The third-order valence-corrected chi connectivity index (χ3v) is 4.29. The Hall–Kier alpha value is -1.87. The zero-order valence-corrected chi connectivity index (χ0v) is 11.8.